The quantitative estimate of drug-likeness (QED) is 0.830. The van der Waals surface area contributed by atoms with Gasteiger partial charge in [0.2, 0.25) is 0 Å². The molecule has 0 aliphatic rings. The lowest BCUT2D eigenvalue weighted by Crippen LogP contribution is -1.99. The van der Waals surface area contributed by atoms with Crippen molar-refractivity contribution in [3.05, 3.63) is 41.3 Å². The minimum Gasteiger partial charge on any atom is -0.399 e. The number of rotatable bonds is 3. The van der Waals surface area contributed by atoms with Gasteiger partial charge in [-0.15, -0.1) is 0 Å². The molecule has 0 saturated heterocycles. The Morgan fingerprint density at radius 1 is 1.22 bits per heavy atom. The molecule has 0 amide bonds. The Bertz CT molecular complexity index is 554. The molecule has 3 N–H and O–H groups in total. The molecule has 0 saturated carbocycles. The lowest BCUT2D eigenvalue weighted by Gasteiger charge is -2.10. The molecule has 0 unspecified atom stereocenters. The van der Waals surface area contributed by atoms with Crippen molar-refractivity contribution in [3.63, 3.8) is 0 Å². The van der Waals surface area contributed by atoms with Gasteiger partial charge in [0.15, 0.2) is 0 Å². The predicted molar refractivity (Wildman–Crippen MR) is 75.3 cm³/mol. The molecule has 0 spiro atoms. The molecule has 2 rings (SSSR count). The van der Waals surface area contributed by atoms with Gasteiger partial charge in [0.25, 0.3) is 0 Å². The lowest BCUT2D eigenvalue weighted by atomic mass is 10.1. The van der Waals surface area contributed by atoms with Crippen molar-refractivity contribution in [1.29, 1.82) is 0 Å². The van der Waals surface area contributed by atoms with E-state index >= 15 is 0 Å². The number of nitrogens with zero attached hydrogens (tertiary/aromatic N) is 2. The summed E-state index contributed by atoms with van der Waals surface area (Å²) < 4.78 is 0. The maximum Gasteiger partial charge on any atom is 0.134 e. The zero-order chi connectivity index (χ0) is 13.1. The molecular formula is C13H15ClN4. The number of benzene rings is 1. The fraction of sp³-hybridized carbons (Fsp3) is 0.231. The molecule has 1 aromatic carbocycles. The van der Waals surface area contributed by atoms with E-state index in [0.29, 0.717) is 22.4 Å². The van der Waals surface area contributed by atoms with Crippen LogP contribution in [0.2, 0.25) is 5.02 Å². The van der Waals surface area contributed by atoms with Crippen molar-refractivity contribution in [2.45, 2.75) is 19.8 Å². The average molecular weight is 263 g/mol. The van der Waals surface area contributed by atoms with Gasteiger partial charge in [0.1, 0.15) is 12.1 Å². The van der Waals surface area contributed by atoms with Gasteiger partial charge in [0, 0.05) is 17.4 Å². The molecule has 0 bridgehead atoms. The summed E-state index contributed by atoms with van der Waals surface area (Å²) in [6.45, 7) is 4.17. The molecule has 4 nitrogen and oxygen atoms in total. The largest absolute Gasteiger partial charge is 0.399 e. The fourth-order valence-corrected chi connectivity index (χ4v) is 1.70. The highest BCUT2D eigenvalue weighted by Gasteiger charge is 2.05. The first-order valence-electron chi connectivity index (χ1n) is 5.70. The van der Waals surface area contributed by atoms with Crippen LogP contribution in [0.3, 0.4) is 0 Å². The van der Waals surface area contributed by atoms with Gasteiger partial charge in [0.05, 0.1) is 10.7 Å². The molecule has 0 aliphatic carbocycles. The van der Waals surface area contributed by atoms with E-state index in [0.717, 1.165) is 11.4 Å². The Labute approximate surface area is 111 Å². The minimum atomic E-state index is 0.352. The molecular weight excluding hydrogens is 248 g/mol. The summed E-state index contributed by atoms with van der Waals surface area (Å²) in [7, 11) is 0. The zero-order valence-electron chi connectivity index (χ0n) is 10.3. The standard InChI is InChI=1S/C13H15ClN4/c1-8(2)11-6-13(17-7-16-11)18-12-5-9(15)3-4-10(12)14/h3-8H,15H2,1-2H3,(H,16,17,18). The Morgan fingerprint density at radius 3 is 2.72 bits per heavy atom. The van der Waals surface area contributed by atoms with Crippen LogP contribution in [0, 0.1) is 0 Å². The Balaban J connectivity index is 2.28. The van der Waals surface area contributed by atoms with Crippen LogP contribution in [0.4, 0.5) is 17.2 Å². The highest BCUT2D eigenvalue weighted by Crippen LogP contribution is 2.27. The number of aromatic nitrogens is 2. The predicted octanol–water partition coefficient (Wildman–Crippen LogP) is 3.58. The maximum atomic E-state index is 6.09. The van der Waals surface area contributed by atoms with Gasteiger partial charge in [-0.1, -0.05) is 25.4 Å². The molecule has 1 aromatic heterocycles. The number of hydrogen-bond acceptors (Lipinski definition) is 4. The third-order valence-electron chi connectivity index (χ3n) is 2.53. The van der Waals surface area contributed by atoms with Crippen molar-refractivity contribution in [1.82, 2.24) is 9.97 Å². The summed E-state index contributed by atoms with van der Waals surface area (Å²) >= 11 is 6.09. The van der Waals surface area contributed by atoms with Crippen LogP contribution in [-0.4, -0.2) is 9.97 Å². The third kappa shape index (κ3) is 2.90. The molecule has 0 fully saturated rings. The number of halogens is 1. The van der Waals surface area contributed by atoms with Crippen LogP contribution >= 0.6 is 11.6 Å². The van der Waals surface area contributed by atoms with E-state index in [1.807, 2.05) is 6.07 Å². The molecule has 2 aromatic rings. The number of hydrogen-bond donors (Lipinski definition) is 2. The second-order valence-electron chi connectivity index (χ2n) is 4.35. The van der Waals surface area contributed by atoms with Crippen molar-refractivity contribution in [2.75, 3.05) is 11.1 Å². The molecule has 94 valence electrons. The van der Waals surface area contributed by atoms with Gasteiger partial charge in [-0.05, 0) is 24.1 Å². The Morgan fingerprint density at radius 2 is 2.00 bits per heavy atom. The summed E-state index contributed by atoms with van der Waals surface area (Å²) in [6.07, 6.45) is 1.54. The maximum absolute atomic E-state index is 6.09. The topological polar surface area (TPSA) is 63.8 Å². The van der Waals surface area contributed by atoms with Crippen LogP contribution in [0.1, 0.15) is 25.5 Å². The van der Waals surface area contributed by atoms with Crippen molar-refractivity contribution in [2.24, 2.45) is 0 Å². The SMILES string of the molecule is CC(C)c1cc(Nc2cc(N)ccc2Cl)ncn1. The minimum absolute atomic E-state index is 0.352. The highest BCUT2D eigenvalue weighted by molar-refractivity contribution is 6.33. The van der Waals surface area contributed by atoms with E-state index in [1.165, 1.54) is 6.33 Å². The number of nitrogens with two attached hydrogens (primary N) is 1. The molecule has 5 heteroatoms. The Hall–Kier alpha value is -1.81. The number of nitrogens with one attached hydrogen (secondary N) is 1. The molecule has 1 heterocycles. The van der Waals surface area contributed by atoms with E-state index in [-0.39, 0.29) is 0 Å². The monoisotopic (exact) mass is 262 g/mol. The first-order chi connectivity index (χ1) is 8.56. The van der Waals surface area contributed by atoms with Crippen molar-refractivity contribution < 1.29 is 0 Å². The van der Waals surface area contributed by atoms with Crippen LogP contribution < -0.4 is 11.1 Å². The van der Waals surface area contributed by atoms with E-state index in [1.54, 1.807) is 18.2 Å². The number of nitrogen functional groups attached to an aromatic ring is 1. The van der Waals surface area contributed by atoms with Crippen LogP contribution in [0.5, 0.6) is 0 Å². The van der Waals surface area contributed by atoms with Crippen LogP contribution in [0.15, 0.2) is 30.6 Å². The lowest BCUT2D eigenvalue weighted by molar-refractivity contribution is 0.815. The molecule has 0 radical (unpaired) electrons. The Kier molecular flexibility index (Phi) is 3.67. The van der Waals surface area contributed by atoms with Crippen LogP contribution in [-0.2, 0) is 0 Å². The van der Waals surface area contributed by atoms with Gasteiger partial charge < -0.3 is 11.1 Å². The summed E-state index contributed by atoms with van der Waals surface area (Å²) in [5.74, 6) is 1.06. The smallest absolute Gasteiger partial charge is 0.134 e. The summed E-state index contributed by atoms with van der Waals surface area (Å²) in [5, 5.41) is 3.75. The zero-order valence-corrected chi connectivity index (χ0v) is 11.1. The normalized spacial score (nSPS) is 10.7. The van der Waals surface area contributed by atoms with E-state index < -0.39 is 0 Å². The van der Waals surface area contributed by atoms with E-state index in [4.69, 9.17) is 17.3 Å². The third-order valence-corrected chi connectivity index (χ3v) is 2.86. The van der Waals surface area contributed by atoms with E-state index in [2.05, 4.69) is 29.1 Å². The molecule has 0 aliphatic heterocycles. The van der Waals surface area contributed by atoms with Crippen molar-refractivity contribution in [3.8, 4) is 0 Å². The van der Waals surface area contributed by atoms with Gasteiger partial charge in [-0.3, -0.25) is 0 Å². The molecule has 18 heavy (non-hydrogen) atoms. The average Bonchev–Trinajstić information content (AvgIpc) is 2.34. The van der Waals surface area contributed by atoms with Gasteiger partial charge >= 0.3 is 0 Å². The highest BCUT2D eigenvalue weighted by atomic mass is 35.5. The second kappa shape index (κ2) is 5.23. The van der Waals surface area contributed by atoms with Crippen molar-refractivity contribution >= 4 is 28.8 Å². The number of anilines is 3. The first kappa shape index (κ1) is 12.6. The summed E-state index contributed by atoms with van der Waals surface area (Å²) in [4.78, 5) is 8.38. The van der Waals surface area contributed by atoms with E-state index in [9.17, 15) is 0 Å². The van der Waals surface area contributed by atoms with Gasteiger partial charge in [-0.25, -0.2) is 9.97 Å². The fourth-order valence-electron chi connectivity index (χ4n) is 1.53. The first-order valence-corrected chi connectivity index (χ1v) is 6.08. The summed E-state index contributed by atoms with van der Waals surface area (Å²) in [6, 6.07) is 7.19. The van der Waals surface area contributed by atoms with Gasteiger partial charge in [-0.2, -0.15) is 0 Å². The second-order valence-corrected chi connectivity index (χ2v) is 4.75. The molecule has 0 atom stereocenters. The summed E-state index contributed by atoms with van der Waals surface area (Å²) in [5.41, 5.74) is 8.10. The van der Waals surface area contributed by atoms with Crippen LogP contribution in [0.25, 0.3) is 0 Å².